The standard InChI is InChI=1S/C25H22N4O4/c1-14-5-10-18-19(11-14)27-23(26-18)15-6-8-16(9-7-15)24-28-25(33-29-24)17-12-20(30-2)22(32-4)21(13-17)31-3/h5-13H,1-4H3,(H,26,27). The van der Waals surface area contributed by atoms with Crippen molar-refractivity contribution in [3.05, 3.63) is 60.2 Å². The molecule has 2 heterocycles. The van der Waals surface area contributed by atoms with Gasteiger partial charge in [-0.2, -0.15) is 4.98 Å². The van der Waals surface area contributed by atoms with Crippen LogP contribution >= 0.6 is 0 Å². The summed E-state index contributed by atoms with van der Waals surface area (Å²) in [6.07, 6.45) is 0. The number of imidazole rings is 1. The molecule has 0 fully saturated rings. The first kappa shape index (κ1) is 20.6. The van der Waals surface area contributed by atoms with E-state index < -0.39 is 0 Å². The second-order valence-corrected chi connectivity index (χ2v) is 7.52. The second-order valence-electron chi connectivity index (χ2n) is 7.52. The summed E-state index contributed by atoms with van der Waals surface area (Å²) in [6.45, 7) is 2.06. The zero-order chi connectivity index (χ0) is 22.9. The van der Waals surface area contributed by atoms with E-state index in [1.807, 2.05) is 30.3 Å². The summed E-state index contributed by atoms with van der Waals surface area (Å²) in [7, 11) is 4.68. The molecule has 0 aliphatic carbocycles. The third-order valence-corrected chi connectivity index (χ3v) is 5.39. The van der Waals surface area contributed by atoms with Crippen LogP contribution in [-0.2, 0) is 0 Å². The smallest absolute Gasteiger partial charge is 0.258 e. The van der Waals surface area contributed by atoms with E-state index >= 15 is 0 Å². The highest BCUT2D eigenvalue weighted by atomic mass is 16.5. The van der Waals surface area contributed by atoms with Crippen LogP contribution in [0.2, 0.25) is 0 Å². The molecule has 33 heavy (non-hydrogen) atoms. The molecule has 0 unspecified atom stereocenters. The average Bonchev–Trinajstić information content (AvgIpc) is 3.50. The van der Waals surface area contributed by atoms with E-state index in [0.717, 1.165) is 28.0 Å². The summed E-state index contributed by atoms with van der Waals surface area (Å²) >= 11 is 0. The lowest BCUT2D eigenvalue weighted by atomic mass is 10.1. The maximum atomic E-state index is 5.51. The highest BCUT2D eigenvalue weighted by Gasteiger charge is 2.18. The monoisotopic (exact) mass is 442 g/mol. The van der Waals surface area contributed by atoms with Crippen molar-refractivity contribution in [2.75, 3.05) is 21.3 Å². The lowest BCUT2D eigenvalue weighted by molar-refractivity contribution is 0.324. The van der Waals surface area contributed by atoms with E-state index in [4.69, 9.17) is 23.7 Å². The van der Waals surface area contributed by atoms with Crippen molar-refractivity contribution in [2.24, 2.45) is 0 Å². The second kappa shape index (κ2) is 8.31. The highest BCUT2D eigenvalue weighted by Crippen LogP contribution is 2.41. The molecule has 0 saturated heterocycles. The van der Waals surface area contributed by atoms with Crippen LogP contribution in [-0.4, -0.2) is 41.4 Å². The number of H-pyrrole nitrogens is 1. The number of hydrogen-bond acceptors (Lipinski definition) is 7. The van der Waals surface area contributed by atoms with Crippen molar-refractivity contribution in [1.29, 1.82) is 0 Å². The number of ether oxygens (including phenoxy) is 3. The van der Waals surface area contributed by atoms with Gasteiger partial charge in [0.15, 0.2) is 11.5 Å². The number of hydrogen-bond donors (Lipinski definition) is 1. The molecule has 0 saturated carbocycles. The van der Waals surface area contributed by atoms with Gasteiger partial charge in [0.1, 0.15) is 5.82 Å². The van der Waals surface area contributed by atoms with Crippen LogP contribution in [0.4, 0.5) is 0 Å². The Labute approximate surface area is 190 Å². The highest BCUT2D eigenvalue weighted by molar-refractivity contribution is 5.80. The molecule has 2 aromatic heterocycles. The topological polar surface area (TPSA) is 95.3 Å². The Kier molecular flexibility index (Phi) is 5.18. The van der Waals surface area contributed by atoms with Gasteiger partial charge in [-0.15, -0.1) is 0 Å². The molecule has 0 bridgehead atoms. The first-order valence-corrected chi connectivity index (χ1v) is 10.3. The number of nitrogens with zero attached hydrogens (tertiary/aromatic N) is 3. The molecule has 5 rings (SSSR count). The van der Waals surface area contributed by atoms with Crippen molar-refractivity contribution < 1.29 is 18.7 Å². The van der Waals surface area contributed by atoms with E-state index in [-0.39, 0.29) is 0 Å². The fraction of sp³-hybridized carbons (Fsp3) is 0.160. The normalized spacial score (nSPS) is 11.0. The van der Waals surface area contributed by atoms with Crippen LogP contribution in [0.5, 0.6) is 17.2 Å². The minimum absolute atomic E-state index is 0.348. The van der Waals surface area contributed by atoms with Crippen molar-refractivity contribution in [3.63, 3.8) is 0 Å². The first-order valence-electron chi connectivity index (χ1n) is 10.3. The van der Waals surface area contributed by atoms with Gasteiger partial charge in [0, 0.05) is 16.7 Å². The Morgan fingerprint density at radius 1 is 0.758 bits per heavy atom. The summed E-state index contributed by atoms with van der Waals surface area (Å²) < 4.78 is 21.7. The van der Waals surface area contributed by atoms with Crippen LogP contribution in [0.25, 0.3) is 45.3 Å². The van der Waals surface area contributed by atoms with Crippen LogP contribution in [0.15, 0.2) is 59.1 Å². The van der Waals surface area contributed by atoms with Gasteiger partial charge in [-0.25, -0.2) is 4.98 Å². The minimum Gasteiger partial charge on any atom is -0.493 e. The minimum atomic E-state index is 0.348. The Morgan fingerprint density at radius 3 is 2.12 bits per heavy atom. The molecule has 0 radical (unpaired) electrons. The molecule has 0 spiro atoms. The van der Waals surface area contributed by atoms with Gasteiger partial charge in [-0.05, 0) is 36.8 Å². The molecule has 0 atom stereocenters. The molecule has 0 aliphatic heterocycles. The molecule has 166 valence electrons. The molecule has 3 aromatic carbocycles. The van der Waals surface area contributed by atoms with E-state index in [9.17, 15) is 0 Å². The van der Waals surface area contributed by atoms with Gasteiger partial charge in [0.25, 0.3) is 5.89 Å². The molecule has 8 nitrogen and oxygen atoms in total. The predicted octanol–water partition coefficient (Wildman–Crippen LogP) is 5.28. The quantitative estimate of drug-likeness (QED) is 0.382. The summed E-state index contributed by atoms with van der Waals surface area (Å²) in [5.74, 6) is 3.16. The molecule has 1 N–H and O–H groups in total. The third-order valence-electron chi connectivity index (χ3n) is 5.39. The number of methoxy groups -OCH3 is 3. The van der Waals surface area contributed by atoms with Crippen molar-refractivity contribution >= 4 is 11.0 Å². The molecule has 8 heteroatoms. The molecule has 5 aromatic rings. The van der Waals surface area contributed by atoms with Crippen LogP contribution in [0, 0.1) is 6.92 Å². The molecule has 0 aliphatic rings. The van der Waals surface area contributed by atoms with Gasteiger partial charge in [0.2, 0.25) is 11.6 Å². The number of fused-ring (bicyclic) bond motifs is 1. The van der Waals surface area contributed by atoms with Crippen LogP contribution in [0.3, 0.4) is 0 Å². The van der Waals surface area contributed by atoms with Crippen molar-refractivity contribution in [1.82, 2.24) is 20.1 Å². The van der Waals surface area contributed by atoms with Crippen LogP contribution in [0.1, 0.15) is 5.56 Å². The fourth-order valence-corrected chi connectivity index (χ4v) is 3.69. The molecular weight excluding hydrogens is 420 g/mol. The third kappa shape index (κ3) is 3.76. The Bertz CT molecular complexity index is 1410. The first-order chi connectivity index (χ1) is 16.1. The van der Waals surface area contributed by atoms with Gasteiger partial charge in [-0.1, -0.05) is 35.5 Å². The van der Waals surface area contributed by atoms with Crippen molar-refractivity contribution in [3.8, 4) is 51.5 Å². The fourth-order valence-electron chi connectivity index (χ4n) is 3.69. The molecular formula is C25H22N4O4. The number of rotatable bonds is 6. The number of aromatic nitrogens is 4. The van der Waals surface area contributed by atoms with E-state index in [1.54, 1.807) is 33.5 Å². The maximum absolute atomic E-state index is 5.51. The maximum Gasteiger partial charge on any atom is 0.258 e. The summed E-state index contributed by atoms with van der Waals surface area (Å²) in [4.78, 5) is 12.6. The zero-order valence-electron chi connectivity index (χ0n) is 18.7. The van der Waals surface area contributed by atoms with Crippen molar-refractivity contribution in [2.45, 2.75) is 6.92 Å². The van der Waals surface area contributed by atoms with Gasteiger partial charge >= 0.3 is 0 Å². The van der Waals surface area contributed by atoms with E-state index in [0.29, 0.717) is 34.5 Å². The van der Waals surface area contributed by atoms with Gasteiger partial charge in [0.05, 0.1) is 32.4 Å². The SMILES string of the molecule is COc1cc(-c2nc(-c3ccc(-c4nc5cc(C)ccc5[nH]4)cc3)no2)cc(OC)c1OC. The zero-order valence-corrected chi connectivity index (χ0v) is 18.7. The lowest BCUT2D eigenvalue weighted by Crippen LogP contribution is -1.95. The summed E-state index contributed by atoms with van der Waals surface area (Å²) in [5, 5.41) is 4.14. The molecule has 0 amide bonds. The summed E-state index contributed by atoms with van der Waals surface area (Å²) in [5.41, 5.74) is 5.59. The lowest BCUT2D eigenvalue weighted by Gasteiger charge is -2.12. The van der Waals surface area contributed by atoms with E-state index in [1.165, 1.54) is 5.56 Å². The Morgan fingerprint density at radius 2 is 1.45 bits per heavy atom. The van der Waals surface area contributed by atoms with Crippen LogP contribution < -0.4 is 14.2 Å². The number of aromatic amines is 1. The average molecular weight is 442 g/mol. The number of benzene rings is 3. The Balaban J connectivity index is 1.44. The predicted molar refractivity (Wildman–Crippen MR) is 125 cm³/mol. The summed E-state index contributed by atoms with van der Waals surface area (Å²) in [6, 6.07) is 17.6. The van der Waals surface area contributed by atoms with Gasteiger partial charge in [-0.3, -0.25) is 0 Å². The number of aryl methyl sites for hydroxylation is 1. The number of nitrogens with one attached hydrogen (secondary N) is 1. The Hall–Kier alpha value is -4.33. The largest absolute Gasteiger partial charge is 0.493 e. The van der Waals surface area contributed by atoms with E-state index in [2.05, 4.69) is 34.2 Å². The van der Waals surface area contributed by atoms with Gasteiger partial charge < -0.3 is 23.7 Å².